The van der Waals surface area contributed by atoms with Gasteiger partial charge in [-0.3, -0.25) is 14.6 Å². The first-order chi connectivity index (χ1) is 11.6. The van der Waals surface area contributed by atoms with Crippen molar-refractivity contribution in [1.29, 1.82) is 0 Å². The maximum atomic E-state index is 12.2. The Labute approximate surface area is 158 Å². The zero-order valence-corrected chi connectivity index (χ0v) is 16.5. The highest BCUT2D eigenvalue weighted by atomic mass is 35.5. The van der Waals surface area contributed by atoms with Gasteiger partial charge in [-0.2, -0.15) is 0 Å². The smallest absolute Gasteiger partial charge is 0.256 e. The van der Waals surface area contributed by atoms with Crippen LogP contribution in [0, 0.1) is 5.92 Å². The first-order valence-corrected chi connectivity index (χ1v) is 10.9. The van der Waals surface area contributed by atoms with Gasteiger partial charge in [-0.1, -0.05) is 6.92 Å². The van der Waals surface area contributed by atoms with Crippen LogP contribution in [0.25, 0.3) is 0 Å². The lowest BCUT2D eigenvalue weighted by Gasteiger charge is -2.36. The minimum absolute atomic E-state index is 0.143. The minimum atomic E-state index is -3.30. The molecule has 2 fully saturated rings. The molecule has 1 saturated carbocycles. The summed E-state index contributed by atoms with van der Waals surface area (Å²) >= 11 is 11.8. The summed E-state index contributed by atoms with van der Waals surface area (Å²) in [6.45, 7) is 2.12. The Balaban J connectivity index is 1.87. The predicted molar refractivity (Wildman–Crippen MR) is 95.7 cm³/mol. The fraction of sp³-hybridized carbons (Fsp3) is 0.857. The molecule has 3 N–H and O–H groups in total. The molecular weight excluding hydrogens is 391 g/mol. The fourth-order valence-electron chi connectivity index (χ4n) is 3.13. The van der Waals surface area contributed by atoms with Crippen molar-refractivity contribution >= 4 is 45.0 Å². The number of rotatable bonds is 5. The van der Waals surface area contributed by atoms with E-state index in [9.17, 15) is 18.0 Å². The molecule has 2 aliphatic rings. The number of hydrogen-bond donors (Lipinski definition) is 3. The average molecular weight is 415 g/mol. The maximum Gasteiger partial charge on any atom is 0.256 e. The Kier molecular flexibility index (Phi) is 6.94. The van der Waals surface area contributed by atoms with E-state index in [2.05, 4.69) is 15.5 Å². The molecular formula is C14H24Cl2N4O4S. The third-order valence-electron chi connectivity index (χ3n) is 4.52. The van der Waals surface area contributed by atoms with E-state index < -0.39 is 26.7 Å². The van der Waals surface area contributed by atoms with Crippen LogP contribution in [0.5, 0.6) is 0 Å². The van der Waals surface area contributed by atoms with Gasteiger partial charge in [0.05, 0.1) is 11.6 Å². The molecule has 5 atom stereocenters. The maximum absolute atomic E-state index is 12.2. The lowest BCUT2D eigenvalue weighted by molar-refractivity contribution is -0.141. The lowest BCUT2D eigenvalue weighted by Crippen LogP contribution is -2.60. The molecule has 0 aromatic heterocycles. The van der Waals surface area contributed by atoms with Crippen LogP contribution in [-0.4, -0.2) is 67.4 Å². The fourth-order valence-corrected chi connectivity index (χ4v) is 4.39. The second-order valence-corrected chi connectivity index (χ2v) is 9.57. The molecule has 1 saturated heterocycles. The highest BCUT2D eigenvalue weighted by molar-refractivity contribution is 7.88. The third kappa shape index (κ3) is 5.96. The first-order valence-electron chi connectivity index (χ1n) is 8.16. The molecule has 0 aromatic carbocycles. The SMILES string of the molecule is CC1CCC(NC(=O)CN2NCC(Cl)C(Cl)C2=O)CC1NS(C)(=O)=O. The average Bonchev–Trinajstić information content (AvgIpc) is 2.50. The summed E-state index contributed by atoms with van der Waals surface area (Å²) in [4.78, 5) is 24.2. The Morgan fingerprint density at radius 3 is 2.68 bits per heavy atom. The number of nitrogens with one attached hydrogen (secondary N) is 3. The van der Waals surface area contributed by atoms with E-state index in [1.54, 1.807) is 0 Å². The van der Waals surface area contributed by atoms with Crippen LogP contribution in [0.15, 0.2) is 0 Å². The van der Waals surface area contributed by atoms with Gasteiger partial charge in [0, 0.05) is 18.6 Å². The molecule has 0 bridgehead atoms. The molecule has 2 rings (SSSR count). The number of nitrogens with zero attached hydrogens (tertiary/aromatic N) is 1. The van der Waals surface area contributed by atoms with Crippen LogP contribution in [0.2, 0.25) is 0 Å². The topological polar surface area (TPSA) is 108 Å². The first kappa shape index (κ1) is 20.7. The van der Waals surface area contributed by atoms with E-state index in [0.29, 0.717) is 13.0 Å². The number of hydrazine groups is 1. The molecule has 0 aromatic rings. The summed E-state index contributed by atoms with van der Waals surface area (Å²) in [6, 6.07) is -0.358. The number of carbonyl (C=O) groups is 2. The highest BCUT2D eigenvalue weighted by Crippen LogP contribution is 2.25. The van der Waals surface area contributed by atoms with E-state index in [-0.39, 0.29) is 30.5 Å². The summed E-state index contributed by atoms with van der Waals surface area (Å²) in [7, 11) is -3.30. The molecule has 144 valence electrons. The van der Waals surface area contributed by atoms with Crippen LogP contribution >= 0.6 is 23.2 Å². The van der Waals surface area contributed by atoms with Crippen LogP contribution in [0.1, 0.15) is 26.2 Å². The van der Waals surface area contributed by atoms with Crippen molar-refractivity contribution in [2.45, 2.75) is 49.0 Å². The summed E-state index contributed by atoms with van der Waals surface area (Å²) in [5.41, 5.74) is 2.78. The summed E-state index contributed by atoms with van der Waals surface area (Å²) in [6.07, 6.45) is 3.21. The quantitative estimate of drug-likeness (QED) is 0.538. The largest absolute Gasteiger partial charge is 0.352 e. The van der Waals surface area contributed by atoms with E-state index in [0.717, 1.165) is 19.1 Å². The molecule has 1 aliphatic carbocycles. The molecule has 0 spiro atoms. The van der Waals surface area contributed by atoms with E-state index >= 15 is 0 Å². The second-order valence-electron chi connectivity index (χ2n) is 6.76. The van der Waals surface area contributed by atoms with Gasteiger partial charge >= 0.3 is 0 Å². The Morgan fingerprint density at radius 2 is 2.04 bits per heavy atom. The minimum Gasteiger partial charge on any atom is -0.352 e. The van der Waals surface area contributed by atoms with Gasteiger partial charge in [0.25, 0.3) is 5.91 Å². The number of carbonyl (C=O) groups excluding carboxylic acids is 2. The summed E-state index contributed by atoms with van der Waals surface area (Å²) in [5, 5.41) is 2.65. The second kappa shape index (κ2) is 8.39. The van der Waals surface area contributed by atoms with Crippen molar-refractivity contribution in [3.8, 4) is 0 Å². The molecule has 8 nitrogen and oxygen atoms in total. The van der Waals surface area contributed by atoms with Gasteiger partial charge in [-0.05, 0) is 25.2 Å². The summed E-state index contributed by atoms with van der Waals surface area (Å²) < 4.78 is 25.5. The van der Waals surface area contributed by atoms with E-state index in [1.165, 1.54) is 5.01 Å². The normalized spacial score (nSPS) is 34.0. The molecule has 25 heavy (non-hydrogen) atoms. The van der Waals surface area contributed by atoms with Crippen LogP contribution in [-0.2, 0) is 19.6 Å². The Morgan fingerprint density at radius 1 is 1.36 bits per heavy atom. The van der Waals surface area contributed by atoms with Crippen molar-refractivity contribution in [3.05, 3.63) is 0 Å². The van der Waals surface area contributed by atoms with E-state index in [4.69, 9.17) is 23.2 Å². The third-order valence-corrected chi connectivity index (χ3v) is 6.28. The molecule has 1 heterocycles. The van der Waals surface area contributed by atoms with Crippen LogP contribution in [0.3, 0.4) is 0 Å². The Bertz CT molecular complexity index is 618. The van der Waals surface area contributed by atoms with Crippen molar-refractivity contribution < 1.29 is 18.0 Å². The number of hydrogen-bond acceptors (Lipinski definition) is 5. The Hall–Kier alpha value is -0.610. The van der Waals surface area contributed by atoms with Gasteiger partial charge in [-0.15, -0.1) is 23.2 Å². The van der Waals surface area contributed by atoms with Crippen molar-refractivity contribution in [2.75, 3.05) is 19.3 Å². The zero-order chi connectivity index (χ0) is 18.8. The zero-order valence-electron chi connectivity index (χ0n) is 14.2. The summed E-state index contributed by atoms with van der Waals surface area (Å²) in [5.74, 6) is -0.557. The molecule has 11 heteroatoms. The van der Waals surface area contributed by atoms with Gasteiger partial charge < -0.3 is 5.32 Å². The number of alkyl halides is 2. The van der Waals surface area contributed by atoms with Gasteiger partial charge in [0.2, 0.25) is 15.9 Å². The number of halogens is 2. The van der Waals surface area contributed by atoms with Crippen molar-refractivity contribution in [2.24, 2.45) is 5.92 Å². The predicted octanol–water partition coefficient (Wildman–Crippen LogP) is -0.229. The van der Waals surface area contributed by atoms with E-state index in [1.807, 2.05) is 6.92 Å². The van der Waals surface area contributed by atoms with Crippen molar-refractivity contribution in [3.63, 3.8) is 0 Å². The number of sulfonamides is 1. The lowest BCUT2D eigenvalue weighted by atomic mass is 9.83. The molecule has 2 amide bonds. The van der Waals surface area contributed by atoms with Gasteiger partial charge in [0.15, 0.2) is 0 Å². The van der Waals surface area contributed by atoms with Crippen molar-refractivity contribution in [1.82, 2.24) is 20.5 Å². The highest BCUT2D eigenvalue weighted by Gasteiger charge is 2.36. The molecule has 0 radical (unpaired) electrons. The monoisotopic (exact) mass is 414 g/mol. The molecule has 1 aliphatic heterocycles. The van der Waals surface area contributed by atoms with Crippen LogP contribution in [0.4, 0.5) is 0 Å². The number of amides is 2. The van der Waals surface area contributed by atoms with Crippen LogP contribution < -0.4 is 15.5 Å². The van der Waals surface area contributed by atoms with Gasteiger partial charge in [-0.25, -0.2) is 18.6 Å². The molecule has 5 unspecified atom stereocenters. The standard InChI is InChI=1S/C14H24Cl2N4O4S/c1-8-3-4-9(5-11(8)19-25(2,23)24)18-12(21)7-20-14(22)13(16)10(15)6-17-20/h8-11,13,17,19H,3-7H2,1-2H3,(H,18,21). The van der Waals surface area contributed by atoms with Gasteiger partial charge in [0.1, 0.15) is 11.9 Å².